The third kappa shape index (κ3) is 4.96. The summed E-state index contributed by atoms with van der Waals surface area (Å²) in [6, 6.07) is 26.5. The molecule has 3 aliphatic rings. The molecule has 2 nitrogen and oxygen atoms in total. The van der Waals surface area contributed by atoms with E-state index in [-0.39, 0.29) is 39.2 Å². The van der Waals surface area contributed by atoms with Crippen LogP contribution in [0.25, 0.3) is 11.0 Å². The lowest BCUT2D eigenvalue weighted by Gasteiger charge is -2.44. The molecule has 264 valence electrons. The van der Waals surface area contributed by atoms with Gasteiger partial charge in [0.15, 0.2) is 0 Å². The maximum atomic E-state index is 7.25. The normalized spacial score (nSPS) is 18.4. The van der Waals surface area contributed by atoms with Crippen LogP contribution in [0.15, 0.2) is 71.1 Å². The first-order valence-electron chi connectivity index (χ1n) is 19.3. The molecular weight excluding hydrogens is 617 g/mol. The summed E-state index contributed by atoms with van der Waals surface area (Å²) in [5.41, 5.74) is 18.5. The number of anilines is 3. The van der Waals surface area contributed by atoms with Crippen molar-refractivity contribution >= 4 is 51.3 Å². The summed E-state index contributed by atoms with van der Waals surface area (Å²) < 4.78 is 7.25. The van der Waals surface area contributed by atoms with Crippen molar-refractivity contribution in [3.8, 4) is 0 Å². The SMILES string of the molecule is CC(C)(C)c1cc(N2c3cccc4c3B(c3cc5c(cc3C4(C)C)C(C)(C)CC5(C)C)c3oc4ccc(C(C)(C)C)cc4c32)cc(C(C)(C)C)c1. The van der Waals surface area contributed by atoms with Gasteiger partial charge in [0.05, 0.1) is 11.3 Å². The Morgan fingerprint density at radius 3 is 1.78 bits per heavy atom. The van der Waals surface area contributed by atoms with Gasteiger partial charge in [-0.05, 0) is 108 Å². The molecule has 51 heavy (non-hydrogen) atoms. The number of nitrogens with zero attached hydrogens (tertiary/aromatic N) is 1. The Morgan fingerprint density at radius 1 is 0.608 bits per heavy atom. The predicted molar refractivity (Wildman–Crippen MR) is 221 cm³/mol. The zero-order valence-corrected chi connectivity index (χ0v) is 34.0. The first kappa shape index (κ1) is 34.4. The predicted octanol–water partition coefficient (Wildman–Crippen LogP) is 11.2. The summed E-state index contributed by atoms with van der Waals surface area (Å²) >= 11 is 0. The Hall–Kier alpha value is -3.72. The Morgan fingerprint density at radius 2 is 1.20 bits per heavy atom. The number of benzene rings is 4. The van der Waals surface area contributed by atoms with Crippen LogP contribution in [0.5, 0.6) is 0 Å². The molecule has 0 saturated carbocycles. The highest BCUT2D eigenvalue weighted by Gasteiger charge is 2.51. The Kier molecular flexibility index (Phi) is 6.90. The molecule has 8 rings (SSSR count). The standard InChI is InChI=1S/C48H58BNO/c1-43(2,3)28-19-20-39-32(24-28)41-42(51-39)49-37-26-35-34(46(10,11)27-47(35,12)13)25-36(37)48(14,15)33-17-16-18-38(40(33)49)50(41)31-22-29(44(4,5)6)21-30(23-31)45(7,8)9/h16-26H,27H2,1-15H3. The molecule has 0 amide bonds. The molecule has 2 aliphatic heterocycles. The summed E-state index contributed by atoms with van der Waals surface area (Å²) in [6.07, 6.45) is 1.15. The minimum absolute atomic E-state index is 0.00691. The van der Waals surface area contributed by atoms with Crippen LogP contribution in [0.3, 0.4) is 0 Å². The van der Waals surface area contributed by atoms with E-state index in [9.17, 15) is 0 Å². The van der Waals surface area contributed by atoms with E-state index in [1.165, 1.54) is 72.3 Å². The van der Waals surface area contributed by atoms with Gasteiger partial charge >= 0.3 is 0 Å². The van der Waals surface area contributed by atoms with Crippen molar-refractivity contribution in [1.82, 2.24) is 0 Å². The molecule has 0 bridgehead atoms. The molecular formula is C48H58BNO. The van der Waals surface area contributed by atoms with Gasteiger partial charge in [-0.3, -0.25) is 0 Å². The lowest BCUT2D eigenvalue weighted by atomic mass is 9.31. The largest absolute Gasteiger partial charge is 0.468 e. The van der Waals surface area contributed by atoms with Crippen LogP contribution >= 0.6 is 0 Å². The van der Waals surface area contributed by atoms with Crippen molar-refractivity contribution in [2.75, 3.05) is 4.90 Å². The second-order valence-electron chi connectivity index (χ2n) is 21.1. The van der Waals surface area contributed by atoms with Gasteiger partial charge in [-0.15, -0.1) is 0 Å². The van der Waals surface area contributed by atoms with E-state index in [0.29, 0.717) is 0 Å². The van der Waals surface area contributed by atoms with Crippen LogP contribution in [-0.4, -0.2) is 6.71 Å². The number of hydrogen-bond donors (Lipinski definition) is 0. The van der Waals surface area contributed by atoms with Crippen LogP contribution < -0.4 is 21.5 Å². The Balaban J connectivity index is 1.51. The fourth-order valence-electron chi connectivity index (χ4n) is 9.97. The van der Waals surface area contributed by atoms with Gasteiger partial charge < -0.3 is 9.32 Å². The highest BCUT2D eigenvalue weighted by atomic mass is 16.3. The van der Waals surface area contributed by atoms with Crippen molar-refractivity contribution in [2.24, 2.45) is 0 Å². The molecule has 0 saturated heterocycles. The van der Waals surface area contributed by atoms with Gasteiger partial charge in [-0.25, -0.2) is 0 Å². The van der Waals surface area contributed by atoms with Crippen molar-refractivity contribution in [2.45, 2.75) is 143 Å². The van der Waals surface area contributed by atoms with Crippen LogP contribution in [0.4, 0.5) is 17.1 Å². The summed E-state index contributed by atoms with van der Waals surface area (Å²) in [7, 11) is 0. The molecule has 1 aliphatic carbocycles. The monoisotopic (exact) mass is 675 g/mol. The van der Waals surface area contributed by atoms with E-state index in [4.69, 9.17) is 4.42 Å². The van der Waals surface area contributed by atoms with Gasteiger partial charge in [0, 0.05) is 22.2 Å². The molecule has 0 atom stereocenters. The number of rotatable bonds is 1. The molecule has 0 unspecified atom stereocenters. The lowest BCUT2D eigenvalue weighted by Crippen LogP contribution is -2.64. The van der Waals surface area contributed by atoms with Gasteiger partial charge in [0.1, 0.15) is 5.58 Å². The fourth-order valence-corrected chi connectivity index (χ4v) is 9.97. The van der Waals surface area contributed by atoms with E-state index < -0.39 is 0 Å². The Labute approximate surface area is 308 Å². The molecule has 3 heteroatoms. The molecule has 4 aromatic carbocycles. The van der Waals surface area contributed by atoms with E-state index in [2.05, 4.69) is 175 Å². The van der Waals surface area contributed by atoms with Crippen LogP contribution in [-0.2, 0) is 32.5 Å². The third-order valence-corrected chi connectivity index (χ3v) is 12.8. The highest BCUT2D eigenvalue weighted by molar-refractivity contribution is 6.98. The summed E-state index contributed by atoms with van der Waals surface area (Å²) in [5, 5.41) is 1.20. The first-order chi connectivity index (χ1) is 23.4. The van der Waals surface area contributed by atoms with Crippen molar-refractivity contribution in [1.29, 1.82) is 0 Å². The third-order valence-electron chi connectivity index (χ3n) is 12.8. The van der Waals surface area contributed by atoms with Crippen LogP contribution in [0.1, 0.15) is 149 Å². The van der Waals surface area contributed by atoms with Gasteiger partial charge in [-0.2, -0.15) is 0 Å². The number of furan rings is 1. The number of fused-ring (bicyclic) bond motifs is 7. The zero-order chi connectivity index (χ0) is 37.0. The molecule has 0 N–H and O–H groups in total. The van der Waals surface area contributed by atoms with Crippen molar-refractivity contribution < 1.29 is 4.42 Å². The van der Waals surface area contributed by atoms with Crippen LogP contribution in [0, 0.1) is 0 Å². The first-order valence-corrected chi connectivity index (χ1v) is 19.3. The molecule has 0 radical (unpaired) electrons. The second-order valence-corrected chi connectivity index (χ2v) is 21.1. The zero-order valence-electron chi connectivity index (χ0n) is 34.0. The molecule has 5 aromatic rings. The van der Waals surface area contributed by atoms with Gasteiger partial charge in [0.25, 0.3) is 6.71 Å². The summed E-state index contributed by atoms with van der Waals surface area (Å²) in [6.45, 7) is 35.6. The molecule has 0 fully saturated rings. The maximum absolute atomic E-state index is 7.25. The average molecular weight is 676 g/mol. The molecule has 0 spiro atoms. The van der Waals surface area contributed by atoms with Crippen LogP contribution in [0.2, 0.25) is 0 Å². The van der Waals surface area contributed by atoms with E-state index >= 15 is 0 Å². The topological polar surface area (TPSA) is 16.4 Å². The van der Waals surface area contributed by atoms with E-state index in [1.54, 1.807) is 0 Å². The highest BCUT2D eigenvalue weighted by Crippen LogP contribution is 2.52. The van der Waals surface area contributed by atoms with Crippen molar-refractivity contribution in [3.63, 3.8) is 0 Å². The Bertz CT molecular complexity index is 2240. The maximum Gasteiger partial charge on any atom is 0.293 e. The second kappa shape index (κ2) is 10.2. The minimum atomic E-state index is -0.173. The quantitative estimate of drug-likeness (QED) is 0.161. The van der Waals surface area contributed by atoms with Gasteiger partial charge in [-0.1, -0.05) is 146 Å². The van der Waals surface area contributed by atoms with E-state index in [1.807, 2.05) is 0 Å². The van der Waals surface area contributed by atoms with Gasteiger partial charge in [0.2, 0.25) is 0 Å². The van der Waals surface area contributed by atoms with Crippen molar-refractivity contribution in [3.05, 3.63) is 106 Å². The fraction of sp³-hybridized carbons (Fsp3) is 0.458. The average Bonchev–Trinajstić information content (AvgIpc) is 3.46. The molecule has 3 heterocycles. The smallest absolute Gasteiger partial charge is 0.293 e. The lowest BCUT2D eigenvalue weighted by molar-refractivity contribution is 0.403. The number of hydrogen-bond acceptors (Lipinski definition) is 2. The summed E-state index contributed by atoms with van der Waals surface area (Å²) in [4.78, 5) is 2.58. The summed E-state index contributed by atoms with van der Waals surface area (Å²) in [5.74, 6) is 0. The van der Waals surface area contributed by atoms with E-state index in [0.717, 1.165) is 17.7 Å². The molecule has 1 aromatic heterocycles. The minimum Gasteiger partial charge on any atom is -0.468 e.